The van der Waals surface area contributed by atoms with Crippen LogP contribution >= 0.6 is 0 Å². The van der Waals surface area contributed by atoms with E-state index in [2.05, 4.69) is 10.6 Å². The zero-order valence-corrected chi connectivity index (χ0v) is 20.7. The summed E-state index contributed by atoms with van der Waals surface area (Å²) in [5, 5.41) is 15.1. The van der Waals surface area contributed by atoms with Crippen molar-refractivity contribution in [1.82, 2.24) is 4.90 Å². The smallest absolute Gasteiger partial charge is 0.307 e. The molecule has 190 valence electrons. The summed E-state index contributed by atoms with van der Waals surface area (Å²) in [4.78, 5) is 39.9. The molecule has 8 nitrogen and oxygen atoms in total. The predicted molar refractivity (Wildman–Crippen MR) is 142 cm³/mol. The Bertz CT molecular complexity index is 1380. The van der Waals surface area contributed by atoms with Crippen LogP contribution < -0.4 is 15.5 Å². The van der Waals surface area contributed by atoms with Crippen LogP contribution in [-0.2, 0) is 20.8 Å². The Labute approximate surface area is 214 Å². The first-order valence-electron chi connectivity index (χ1n) is 11.6. The first kappa shape index (κ1) is 25.6. The average Bonchev–Trinajstić information content (AvgIpc) is 3.16. The quantitative estimate of drug-likeness (QED) is 0.404. The van der Waals surface area contributed by atoms with Gasteiger partial charge in [-0.25, -0.2) is 4.39 Å². The van der Waals surface area contributed by atoms with Crippen molar-refractivity contribution in [1.29, 1.82) is 0 Å². The van der Waals surface area contributed by atoms with Crippen molar-refractivity contribution in [3.8, 4) is 0 Å². The number of fused-ring (bicyclic) bond motifs is 1. The molecule has 37 heavy (non-hydrogen) atoms. The van der Waals surface area contributed by atoms with E-state index in [4.69, 9.17) is 5.11 Å². The number of halogens is 1. The van der Waals surface area contributed by atoms with Crippen molar-refractivity contribution in [3.63, 3.8) is 0 Å². The van der Waals surface area contributed by atoms with Gasteiger partial charge < -0.3 is 25.5 Å². The highest BCUT2D eigenvalue weighted by Gasteiger charge is 2.29. The number of amides is 2. The molecule has 3 N–H and O–H groups in total. The van der Waals surface area contributed by atoms with Crippen LogP contribution in [0.25, 0.3) is 11.3 Å². The minimum absolute atomic E-state index is 0.0542. The zero-order chi connectivity index (χ0) is 26.7. The Morgan fingerprint density at radius 1 is 0.973 bits per heavy atom. The molecule has 3 aromatic rings. The number of hydrogen-bond acceptors (Lipinski definition) is 5. The van der Waals surface area contributed by atoms with E-state index in [9.17, 15) is 18.8 Å². The molecule has 2 amide bonds. The number of aliphatic carboxylic acids is 1. The lowest BCUT2D eigenvalue weighted by atomic mass is 9.98. The molecule has 0 saturated carbocycles. The lowest BCUT2D eigenvalue weighted by molar-refractivity contribution is -0.136. The molecule has 9 heteroatoms. The first-order chi connectivity index (χ1) is 17.6. The molecule has 0 radical (unpaired) electrons. The molecule has 0 saturated heterocycles. The Hall–Kier alpha value is -4.50. The summed E-state index contributed by atoms with van der Waals surface area (Å²) in [5.74, 6) is -1.84. The van der Waals surface area contributed by atoms with Gasteiger partial charge in [-0.15, -0.1) is 0 Å². The number of nitrogens with one attached hydrogen (secondary N) is 2. The largest absolute Gasteiger partial charge is 0.481 e. The summed E-state index contributed by atoms with van der Waals surface area (Å²) in [5.41, 5.74) is 4.39. The van der Waals surface area contributed by atoms with Crippen molar-refractivity contribution in [3.05, 3.63) is 89.2 Å². The molecule has 3 aromatic carbocycles. The summed E-state index contributed by atoms with van der Waals surface area (Å²) >= 11 is 0. The van der Waals surface area contributed by atoms with E-state index < -0.39 is 11.8 Å². The Kier molecular flexibility index (Phi) is 7.35. The normalized spacial score (nSPS) is 13.7. The third-order valence-corrected chi connectivity index (χ3v) is 5.92. The number of carboxylic acids is 1. The van der Waals surface area contributed by atoms with Crippen LogP contribution in [0.3, 0.4) is 0 Å². The van der Waals surface area contributed by atoms with Crippen LogP contribution in [0.2, 0.25) is 0 Å². The van der Waals surface area contributed by atoms with Crippen LogP contribution in [0.5, 0.6) is 0 Å². The number of carboxylic acid groups (broad SMARTS) is 1. The highest BCUT2D eigenvalue weighted by Crippen LogP contribution is 2.38. The third kappa shape index (κ3) is 5.84. The topological polar surface area (TPSA) is 102 Å². The molecule has 0 fully saturated rings. The van der Waals surface area contributed by atoms with Crippen LogP contribution in [0.15, 0.2) is 66.7 Å². The summed E-state index contributed by atoms with van der Waals surface area (Å²) in [7, 11) is 5.36. The van der Waals surface area contributed by atoms with Gasteiger partial charge >= 0.3 is 5.97 Å². The lowest BCUT2D eigenvalue weighted by Gasteiger charge is -2.20. The fourth-order valence-corrected chi connectivity index (χ4v) is 4.07. The standard InChI is InChI=1S/C28H27FN4O4/c1-32(2)16-24(34)33(3)21-11-9-20(10-12-21)30-27(18-6-4-17(5-7-18)14-25(35)36)26-22-13-8-19(29)15-23(22)31-28(26)37/h4-13,15,30H,14,16H2,1-3H3,(H,31,37)(H,35,36)/b27-26-. The van der Waals surface area contributed by atoms with Crippen molar-refractivity contribution < 1.29 is 23.9 Å². The van der Waals surface area contributed by atoms with Gasteiger partial charge in [0, 0.05) is 24.0 Å². The average molecular weight is 503 g/mol. The van der Waals surface area contributed by atoms with Crippen LogP contribution in [-0.4, -0.2) is 55.5 Å². The monoisotopic (exact) mass is 502 g/mol. The molecular weight excluding hydrogens is 475 g/mol. The molecular formula is C28H27FN4O4. The molecule has 0 aromatic heterocycles. The number of anilines is 3. The second-order valence-electron chi connectivity index (χ2n) is 9.02. The number of rotatable bonds is 8. The van der Waals surface area contributed by atoms with Gasteiger partial charge in [-0.3, -0.25) is 14.4 Å². The van der Waals surface area contributed by atoms with E-state index in [0.717, 1.165) is 0 Å². The maximum absolute atomic E-state index is 13.8. The fourth-order valence-electron chi connectivity index (χ4n) is 4.07. The Balaban J connectivity index is 1.72. The minimum Gasteiger partial charge on any atom is -0.481 e. The van der Waals surface area contributed by atoms with Crippen LogP contribution in [0, 0.1) is 5.82 Å². The predicted octanol–water partition coefficient (Wildman–Crippen LogP) is 3.91. The van der Waals surface area contributed by atoms with Gasteiger partial charge in [0.1, 0.15) is 5.82 Å². The maximum Gasteiger partial charge on any atom is 0.307 e. The number of benzene rings is 3. The van der Waals surface area contributed by atoms with Gasteiger partial charge in [-0.1, -0.05) is 24.3 Å². The van der Waals surface area contributed by atoms with Gasteiger partial charge in [-0.05, 0) is 67.7 Å². The molecule has 1 heterocycles. The van der Waals surface area contributed by atoms with E-state index in [-0.39, 0.29) is 24.8 Å². The summed E-state index contributed by atoms with van der Waals surface area (Å²) in [6.45, 7) is 0.278. The summed E-state index contributed by atoms with van der Waals surface area (Å²) in [6.07, 6.45) is -0.121. The summed E-state index contributed by atoms with van der Waals surface area (Å²) < 4.78 is 13.8. The highest BCUT2D eigenvalue weighted by molar-refractivity contribution is 6.37. The van der Waals surface area contributed by atoms with E-state index in [1.54, 1.807) is 71.4 Å². The SMILES string of the molecule is CN(C)CC(=O)N(C)c1ccc(N/C(=C2\C(=O)Nc3cc(F)ccc32)c2ccc(CC(=O)O)cc2)cc1. The lowest BCUT2D eigenvalue weighted by Crippen LogP contribution is -2.34. The molecule has 1 aliphatic rings. The van der Waals surface area contributed by atoms with Gasteiger partial charge in [0.15, 0.2) is 0 Å². The maximum atomic E-state index is 13.8. The molecule has 0 spiro atoms. The van der Waals surface area contributed by atoms with Crippen LogP contribution in [0.1, 0.15) is 16.7 Å². The Morgan fingerprint density at radius 2 is 1.65 bits per heavy atom. The number of nitrogens with zero attached hydrogens (tertiary/aromatic N) is 2. The second-order valence-corrected chi connectivity index (χ2v) is 9.02. The molecule has 0 atom stereocenters. The number of carbonyl (C=O) groups is 3. The highest BCUT2D eigenvalue weighted by atomic mass is 19.1. The zero-order valence-electron chi connectivity index (χ0n) is 20.7. The fraction of sp³-hybridized carbons (Fsp3) is 0.179. The Morgan fingerprint density at radius 3 is 2.27 bits per heavy atom. The van der Waals surface area contributed by atoms with Gasteiger partial charge in [-0.2, -0.15) is 0 Å². The first-order valence-corrected chi connectivity index (χ1v) is 11.6. The molecule has 0 aliphatic carbocycles. The van der Waals surface area contributed by atoms with E-state index in [1.165, 1.54) is 12.1 Å². The molecule has 0 bridgehead atoms. The number of likely N-dealkylation sites (N-methyl/N-ethyl adjacent to an activating group) is 2. The number of hydrogen-bond donors (Lipinski definition) is 3. The van der Waals surface area contributed by atoms with Crippen molar-refractivity contribution in [2.24, 2.45) is 0 Å². The summed E-state index contributed by atoms with van der Waals surface area (Å²) in [6, 6.07) is 18.2. The van der Waals surface area contributed by atoms with Gasteiger partial charge in [0.25, 0.3) is 5.91 Å². The van der Waals surface area contributed by atoms with E-state index >= 15 is 0 Å². The number of carbonyl (C=O) groups excluding carboxylic acids is 2. The minimum atomic E-state index is -0.940. The third-order valence-electron chi connectivity index (χ3n) is 5.92. The van der Waals surface area contributed by atoms with E-state index in [0.29, 0.717) is 45.0 Å². The van der Waals surface area contributed by atoms with Crippen molar-refractivity contribution >= 4 is 46.1 Å². The van der Waals surface area contributed by atoms with Crippen molar-refractivity contribution in [2.75, 3.05) is 43.2 Å². The van der Waals surface area contributed by atoms with Gasteiger partial charge in [0.2, 0.25) is 5.91 Å². The molecule has 4 rings (SSSR count). The molecule has 0 unspecified atom stereocenters. The van der Waals surface area contributed by atoms with Gasteiger partial charge in [0.05, 0.1) is 29.9 Å². The van der Waals surface area contributed by atoms with Crippen LogP contribution in [0.4, 0.5) is 21.5 Å². The van der Waals surface area contributed by atoms with Crippen molar-refractivity contribution in [2.45, 2.75) is 6.42 Å². The second kappa shape index (κ2) is 10.6. The molecule has 1 aliphatic heterocycles. The van der Waals surface area contributed by atoms with E-state index in [1.807, 2.05) is 14.1 Å².